The maximum Gasteiger partial charge on any atom is 0.306 e. The van der Waals surface area contributed by atoms with Crippen molar-refractivity contribution in [1.82, 2.24) is 0 Å². The molecule has 0 heterocycles. The molecule has 1 aromatic carbocycles. The Morgan fingerprint density at radius 1 is 1.23 bits per heavy atom. The minimum atomic E-state index is -2.62. The number of aromatic hydroxyl groups is 1. The number of hydrogen-bond acceptors (Lipinski definition) is 10. The number of esters is 1. The first-order chi connectivity index (χ1) is 18.3. The number of amides is 1. The molecule has 11 nitrogen and oxygen atoms in total. The van der Waals surface area contributed by atoms with Crippen LogP contribution in [0.15, 0.2) is 35.6 Å². The summed E-state index contributed by atoms with van der Waals surface area (Å²) in [6.45, 7) is 3.75. The van der Waals surface area contributed by atoms with Crippen LogP contribution in [-0.4, -0.2) is 70.2 Å². The van der Waals surface area contributed by atoms with Crippen LogP contribution in [0.3, 0.4) is 0 Å². The fourth-order valence-electron chi connectivity index (χ4n) is 5.88. The van der Waals surface area contributed by atoms with Crippen LogP contribution in [0.5, 0.6) is 5.75 Å². The first kappa shape index (κ1) is 27.9. The highest BCUT2D eigenvalue weighted by Gasteiger charge is 2.60. The third-order valence-electron chi connectivity index (χ3n) is 7.78. The van der Waals surface area contributed by atoms with Gasteiger partial charge in [0.25, 0.3) is 5.91 Å². The second kappa shape index (κ2) is 10.2. The zero-order valence-electron chi connectivity index (χ0n) is 21.8. The number of primary amides is 1. The van der Waals surface area contributed by atoms with Gasteiger partial charge in [-0.2, -0.15) is 0 Å². The quantitative estimate of drug-likeness (QED) is 0.140. The van der Waals surface area contributed by atoms with E-state index in [1.165, 1.54) is 0 Å². The van der Waals surface area contributed by atoms with Gasteiger partial charge in [0, 0.05) is 44.1 Å². The molecule has 208 valence electrons. The zero-order chi connectivity index (χ0) is 28.8. The van der Waals surface area contributed by atoms with Crippen LogP contribution in [0, 0.1) is 11.8 Å². The lowest BCUT2D eigenvalue weighted by Gasteiger charge is -2.46. The van der Waals surface area contributed by atoms with Crippen molar-refractivity contribution in [2.24, 2.45) is 17.6 Å². The molecule has 11 heteroatoms. The number of carbonyl (C=O) groups excluding carboxylic acids is 4. The summed E-state index contributed by atoms with van der Waals surface area (Å²) in [4.78, 5) is 51.9. The van der Waals surface area contributed by atoms with Gasteiger partial charge in [-0.05, 0) is 48.8 Å². The smallest absolute Gasteiger partial charge is 0.306 e. The molecule has 39 heavy (non-hydrogen) atoms. The minimum Gasteiger partial charge on any atom is -0.508 e. The third-order valence-corrected chi connectivity index (χ3v) is 7.78. The van der Waals surface area contributed by atoms with Gasteiger partial charge in [0.2, 0.25) is 5.78 Å². The lowest BCUT2D eigenvalue weighted by molar-refractivity contribution is -0.147. The number of phenols is 1. The van der Waals surface area contributed by atoms with Crippen molar-refractivity contribution in [3.63, 3.8) is 0 Å². The van der Waals surface area contributed by atoms with Crippen molar-refractivity contribution < 1.29 is 44.3 Å². The van der Waals surface area contributed by atoms with E-state index in [0.717, 1.165) is 0 Å². The molecule has 0 spiro atoms. The Balaban J connectivity index is 1.80. The molecule has 1 aromatic rings. The van der Waals surface area contributed by atoms with Crippen molar-refractivity contribution in [2.45, 2.75) is 44.1 Å². The predicted molar refractivity (Wildman–Crippen MR) is 140 cm³/mol. The molecular weight excluding hydrogens is 508 g/mol. The standard InChI is InChI=1S/C28H32N2O9/c1-4-5-8-39-19(32)7-6-13-11-17(30(2)3)16-10-14-9-15-12-18(31)22(27(29)37)26(36)28(15,38)25(35)20(14)24(34)21(16)23(13)33/h4,11,14-15,33-34,36,38H,1,5-10,12H2,2-3H3,(H2,29,37)/t14-,15+,28+/m1/s1. The summed E-state index contributed by atoms with van der Waals surface area (Å²) >= 11 is 0. The molecule has 3 atom stereocenters. The Labute approximate surface area is 224 Å². The van der Waals surface area contributed by atoms with Crippen LogP contribution >= 0.6 is 0 Å². The van der Waals surface area contributed by atoms with Gasteiger partial charge in [-0.1, -0.05) is 6.08 Å². The third kappa shape index (κ3) is 4.46. The molecule has 3 aliphatic rings. The predicted octanol–water partition coefficient (Wildman–Crippen LogP) is 1.54. The van der Waals surface area contributed by atoms with Crippen molar-refractivity contribution in [3.05, 3.63) is 52.3 Å². The van der Waals surface area contributed by atoms with E-state index >= 15 is 0 Å². The number of rotatable bonds is 8. The summed E-state index contributed by atoms with van der Waals surface area (Å²) in [5, 5.41) is 44.7. The molecule has 0 aromatic heterocycles. The number of aliphatic hydroxyl groups excluding tert-OH is 2. The van der Waals surface area contributed by atoms with Crippen LogP contribution < -0.4 is 10.6 Å². The fourth-order valence-corrected chi connectivity index (χ4v) is 5.88. The molecule has 6 N–H and O–H groups in total. The summed E-state index contributed by atoms with van der Waals surface area (Å²) in [6, 6.07) is 1.71. The first-order valence-corrected chi connectivity index (χ1v) is 12.6. The summed E-state index contributed by atoms with van der Waals surface area (Å²) in [5.41, 5.74) is 3.08. The molecular formula is C28H32N2O9. The first-order valence-electron chi connectivity index (χ1n) is 12.6. The lowest BCUT2D eigenvalue weighted by Crippen LogP contribution is -2.58. The summed E-state index contributed by atoms with van der Waals surface area (Å²) in [5.74, 6) is -7.25. The Bertz CT molecular complexity index is 1360. The number of anilines is 1. The van der Waals surface area contributed by atoms with Crippen LogP contribution in [0.1, 0.15) is 42.4 Å². The van der Waals surface area contributed by atoms with Gasteiger partial charge in [-0.3, -0.25) is 19.2 Å². The number of hydrogen-bond donors (Lipinski definition) is 5. The van der Waals surface area contributed by atoms with Gasteiger partial charge < -0.3 is 35.8 Å². The molecule has 3 aliphatic carbocycles. The Kier molecular flexibility index (Phi) is 7.31. The van der Waals surface area contributed by atoms with Gasteiger partial charge in [0.05, 0.1) is 12.2 Å². The van der Waals surface area contributed by atoms with Crippen LogP contribution in [0.2, 0.25) is 0 Å². The molecule has 0 aliphatic heterocycles. The highest BCUT2D eigenvalue weighted by Crippen LogP contribution is 2.53. The van der Waals surface area contributed by atoms with Crippen molar-refractivity contribution in [2.75, 3.05) is 25.6 Å². The van der Waals surface area contributed by atoms with Crippen LogP contribution in [-0.2, 0) is 36.8 Å². The molecule has 1 amide bonds. The number of ketones is 2. The van der Waals surface area contributed by atoms with E-state index in [0.29, 0.717) is 23.2 Å². The van der Waals surface area contributed by atoms with Crippen LogP contribution in [0.4, 0.5) is 5.69 Å². The van der Waals surface area contributed by atoms with E-state index in [9.17, 15) is 39.6 Å². The van der Waals surface area contributed by atoms with E-state index in [4.69, 9.17) is 10.5 Å². The number of aliphatic hydroxyl groups is 3. The molecule has 0 bridgehead atoms. The second-order valence-corrected chi connectivity index (χ2v) is 10.4. The van der Waals surface area contributed by atoms with Crippen molar-refractivity contribution in [3.8, 4) is 5.75 Å². The maximum atomic E-state index is 13.7. The topological polar surface area (TPSA) is 188 Å². The Hall–Kier alpha value is -4.12. The number of aryl methyl sites for hydroxylation is 1. The number of nitrogens with two attached hydrogens (primary N) is 1. The summed E-state index contributed by atoms with van der Waals surface area (Å²) in [6.07, 6.45) is 2.04. The SMILES string of the molecule is C=CCCOC(=O)CCc1cc(N(C)C)c2c(c1O)C(O)=C1C(=O)[C@]3(O)C(O)=C(C(N)=O)C(=O)C[C@@H]3C[C@@H]1C2. The van der Waals surface area contributed by atoms with Crippen LogP contribution in [0.25, 0.3) is 5.76 Å². The van der Waals surface area contributed by atoms with E-state index < -0.39 is 58.0 Å². The molecule has 0 radical (unpaired) electrons. The van der Waals surface area contributed by atoms with E-state index in [1.807, 2.05) is 0 Å². The second-order valence-electron chi connectivity index (χ2n) is 10.4. The highest BCUT2D eigenvalue weighted by atomic mass is 16.5. The number of Topliss-reactive ketones (excluding diaryl/α,β-unsaturated/α-hetero) is 2. The number of fused-ring (bicyclic) bond motifs is 3. The van der Waals surface area contributed by atoms with E-state index in [2.05, 4.69) is 6.58 Å². The lowest BCUT2D eigenvalue weighted by atomic mass is 9.59. The maximum absolute atomic E-state index is 13.7. The number of carbonyl (C=O) groups is 4. The molecule has 4 rings (SSSR count). The van der Waals surface area contributed by atoms with Gasteiger partial charge in [-0.25, -0.2) is 0 Å². The molecule has 0 unspecified atom stereocenters. The Morgan fingerprint density at radius 2 is 1.92 bits per heavy atom. The molecule has 1 saturated carbocycles. The fraction of sp³-hybridized carbons (Fsp3) is 0.429. The average Bonchev–Trinajstić information content (AvgIpc) is 2.85. The normalized spacial score (nSPS) is 24.1. The largest absolute Gasteiger partial charge is 0.508 e. The number of nitrogens with zero attached hydrogens (tertiary/aromatic N) is 1. The Morgan fingerprint density at radius 3 is 2.54 bits per heavy atom. The van der Waals surface area contributed by atoms with Gasteiger partial charge in [-0.15, -0.1) is 6.58 Å². The number of phenolic OH excluding ortho intramolecular Hbond substituents is 1. The van der Waals surface area contributed by atoms with E-state index in [-0.39, 0.29) is 55.6 Å². The number of benzene rings is 1. The highest BCUT2D eigenvalue weighted by molar-refractivity contribution is 6.22. The molecule has 1 fully saturated rings. The summed E-state index contributed by atoms with van der Waals surface area (Å²) < 4.78 is 5.13. The minimum absolute atomic E-state index is 0.0108. The summed E-state index contributed by atoms with van der Waals surface area (Å²) in [7, 11) is 3.55. The number of ether oxygens (including phenoxy) is 1. The molecule has 0 saturated heterocycles. The zero-order valence-corrected chi connectivity index (χ0v) is 21.8. The van der Waals surface area contributed by atoms with Gasteiger partial charge in [0.15, 0.2) is 11.4 Å². The van der Waals surface area contributed by atoms with Gasteiger partial charge >= 0.3 is 5.97 Å². The van der Waals surface area contributed by atoms with Gasteiger partial charge in [0.1, 0.15) is 22.8 Å². The van der Waals surface area contributed by atoms with Crippen molar-refractivity contribution >= 4 is 34.9 Å². The van der Waals surface area contributed by atoms with E-state index in [1.54, 1.807) is 31.1 Å². The van der Waals surface area contributed by atoms with Crippen molar-refractivity contribution in [1.29, 1.82) is 0 Å². The average molecular weight is 541 g/mol. The monoisotopic (exact) mass is 540 g/mol.